The van der Waals surface area contributed by atoms with Crippen LogP contribution < -0.4 is 10.1 Å². The van der Waals surface area contributed by atoms with Crippen molar-refractivity contribution in [3.8, 4) is 5.88 Å². The van der Waals surface area contributed by atoms with E-state index in [2.05, 4.69) is 41.3 Å². The molecule has 4 nitrogen and oxygen atoms in total. The molecule has 1 aromatic rings. The van der Waals surface area contributed by atoms with Crippen molar-refractivity contribution in [1.29, 1.82) is 0 Å². The maximum atomic E-state index is 5.80. The van der Waals surface area contributed by atoms with Gasteiger partial charge >= 0.3 is 0 Å². The highest BCUT2D eigenvalue weighted by atomic mass is 16.5. The van der Waals surface area contributed by atoms with Crippen molar-refractivity contribution >= 4 is 0 Å². The first-order valence-electron chi connectivity index (χ1n) is 7.09. The van der Waals surface area contributed by atoms with Crippen LogP contribution in [0.4, 0.5) is 0 Å². The molecule has 0 spiro atoms. The lowest BCUT2D eigenvalue weighted by molar-refractivity contribution is 0.192. The van der Waals surface area contributed by atoms with Crippen LogP contribution in [0.1, 0.15) is 32.4 Å². The van der Waals surface area contributed by atoms with E-state index in [0.29, 0.717) is 17.7 Å². The predicted molar refractivity (Wildman–Crippen MR) is 75.9 cm³/mol. The lowest BCUT2D eigenvalue weighted by Crippen LogP contribution is -2.21. The molecule has 1 heterocycles. The standard InChI is InChI=1S/C15H23N3O/c1-3-16-8-14-9-17-10-15(18-14)19-11-13-7-5-4-6-12(13)2/h4-5,9-10,12-13,16H,3,6-8,11H2,1-2H3. The summed E-state index contributed by atoms with van der Waals surface area (Å²) in [5.41, 5.74) is 0.927. The summed E-state index contributed by atoms with van der Waals surface area (Å²) < 4.78 is 5.80. The molecule has 0 aromatic carbocycles. The van der Waals surface area contributed by atoms with E-state index in [1.54, 1.807) is 12.4 Å². The topological polar surface area (TPSA) is 47.0 Å². The predicted octanol–water partition coefficient (Wildman–Crippen LogP) is 2.57. The van der Waals surface area contributed by atoms with Gasteiger partial charge in [-0.2, -0.15) is 0 Å². The molecule has 19 heavy (non-hydrogen) atoms. The number of nitrogens with zero attached hydrogens (tertiary/aromatic N) is 2. The number of hydrogen-bond donors (Lipinski definition) is 1. The fourth-order valence-corrected chi connectivity index (χ4v) is 2.23. The average Bonchev–Trinajstić information content (AvgIpc) is 2.45. The number of aromatic nitrogens is 2. The molecule has 1 N–H and O–H groups in total. The fourth-order valence-electron chi connectivity index (χ4n) is 2.23. The SMILES string of the molecule is CCNCc1cncc(OCC2CC=CCC2C)n1. The Morgan fingerprint density at radius 3 is 2.95 bits per heavy atom. The molecule has 104 valence electrons. The highest BCUT2D eigenvalue weighted by Gasteiger charge is 2.19. The normalized spacial score (nSPS) is 22.4. The molecule has 2 atom stereocenters. The maximum Gasteiger partial charge on any atom is 0.232 e. The van der Waals surface area contributed by atoms with Crippen LogP contribution >= 0.6 is 0 Å². The van der Waals surface area contributed by atoms with Crippen LogP contribution in [-0.4, -0.2) is 23.1 Å². The van der Waals surface area contributed by atoms with Gasteiger partial charge in [-0.15, -0.1) is 0 Å². The number of hydrogen-bond acceptors (Lipinski definition) is 4. The number of nitrogens with one attached hydrogen (secondary N) is 1. The van der Waals surface area contributed by atoms with Gasteiger partial charge in [-0.05, 0) is 31.2 Å². The van der Waals surface area contributed by atoms with E-state index in [0.717, 1.165) is 38.2 Å². The lowest BCUT2D eigenvalue weighted by Gasteiger charge is -2.24. The van der Waals surface area contributed by atoms with Crippen LogP contribution in [0.25, 0.3) is 0 Å². The van der Waals surface area contributed by atoms with Gasteiger partial charge in [0, 0.05) is 12.7 Å². The Labute approximate surface area is 115 Å². The van der Waals surface area contributed by atoms with Gasteiger partial charge in [-0.25, -0.2) is 4.98 Å². The smallest absolute Gasteiger partial charge is 0.232 e. The molecule has 0 aliphatic heterocycles. The first-order valence-corrected chi connectivity index (χ1v) is 7.09. The highest BCUT2D eigenvalue weighted by Crippen LogP contribution is 2.25. The summed E-state index contributed by atoms with van der Waals surface area (Å²) in [5.74, 6) is 1.91. The minimum atomic E-state index is 0.587. The Morgan fingerprint density at radius 2 is 2.16 bits per heavy atom. The molecule has 0 radical (unpaired) electrons. The minimum Gasteiger partial charge on any atom is -0.476 e. The van der Waals surface area contributed by atoms with Gasteiger partial charge in [0.05, 0.1) is 18.5 Å². The number of allylic oxidation sites excluding steroid dienone is 2. The van der Waals surface area contributed by atoms with Crippen molar-refractivity contribution in [3.63, 3.8) is 0 Å². The van der Waals surface area contributed by atoms with Gasteiger partial charge < -0.3 is 10.1 Å². The number of ether oxygens (including phenoxy) is 1. The van der Waals surface area contributed by atoms with Gasteiger partial charge in [-0.1, -0.05) is 26.0 Å². The zero-order valence-corrected chi connectivity index (χ0v) is 11.8. The average molecular weight is 261 g/mol. The summed E-state index contributed by atoms with van der Waals surface area (Å²) in [6.07, 6.45) is 10.2. The summed E-state index contributed by atoms with van der Waals surface area (Å²) in [5, 5.41) is 3.24. The third-order valence-corrected chi connectivity index (χ3v) is 3.58. The van der Waals surface area contributed by atoms with Crippen molar-refractivity contribution < 1.29 is 4.74 Å². The molecule has 1 aliphatic carbocycles. The zero-order valence-electron chi connectivity index (χ0n) is 11.8. The van der Waals surface area contributed by atoms with E-state index in [9.17, 15) is 0 Å². The van der Waals surface area contributed by atoms with Crippen LogP contribution in [0, 0.1) is 11.8 Å². The Bertz CT molecular complexity index is 420. The summed E-state index contributed by atoms with van der Waals surface area (Å²) in [6, 6.07) is 0. The molecular weight excluding hydrogens is 238 g/mol. The van der Waals surface area contributed by atoms with E-state index in [1.165, 1.54) is 0 Å². The molecule has 2 unspecified atom stereocenters. The molecule has 2 rings (SSSR count). The summed E-state index contributed by atoms with van der Waals surface area (Å²) >= 11 is 0. The van der Waals surface area contributed by atoms with Crippen molar-refractivity contribution in [2.24, 2.45) is 11.8 Å². The largest absolute Gasteiger partial charge is 0.476 e. The van der Waals surface area contributed by atoms with Crippen molar-refractivity contribution in [2.45, 2.75) is 33.2 Å². The Morgan fingerprint density at radius 1 is 1.32 bits per heavy atom. The molecule has 0 bridgehead atoms. The first-order chi connectivity index (χ1) is 9.29. The van der Waals surface area contributed by atoms with Gasteiger partial charge in [0.2, 0.25) is 5.88 Å². The molecule has 1 aromatic heterocycles. The van der Waals surface area contributed by atoms with Gasteiger partial charge in [0.25, 0.3) is 0 Å². The molecule has 4 heteroatoms. The highest BCUT2D eigenvalue weighted by molar-refractivity contribution is 5.08. The molecule has 0 fully saturated rings. The Kier molecular flexibility index (Phi) is 5.33. The quantitative estimate of drug-likeness (QED) is 0.800. The Hall–Kier alpha value is -1.42. The molecule has 1 aliphatic rings. The van der Waals surface area contributed by atoms with Gasteiger partial charge in [0.1, 0.15) is 0 Å². The lowest BCUT2D eigenvalue weighted by atomic mass is 9.85. The monoisotopic (exact) mass is 261 g/mol. The summed E-state index contributed by atoms with van der Waals surface area (Å²) in [4.78, 5) is 8.63. The molecule has 0 amide bonds. The molecule has 0 saturated carbocycles. The molecular formula is C15H23N3O. The molecule has 0 saturated heterocycles. The second-order valence-electron chi connectivity index (χ2n) is 5.12. The van der Waals surface area contributed by atoms with E-state index >= 15 is 0 Å². The third kappa shape index (κ3) is 4.31. The summed E-state index contributed by atoms with van der Waals surface area (Å²) in [6.45, 7) is 6.75. The van der Waals surface area contributed by atoms with E-state index in [1.807, 2.05) is 0 Å². The zero-order chi connectivity index (χ0) is 13.5. The van der Waals surface area contributed by atoms with Crippen molar-refractivity contribution in [3.05, 3.63) is 30.2 Å². The van der Waals surface area contributed by atoms with Crippen molar-refractivity contribution in [2.75, 3.05) is 13.2 Å². The minimum absolute atomic E-state index is 0.587. The fraction of sp³-hybridized carbons (Fsp3) is 0.600. The van der Waals surface area contributed by atoms with Crippen LogP contribution in [0.3, 0.4) is 0 Å². The third-order valence-electron chi connectivity index (χ3n) is 3.58. The first kappa shape index (κ1) is 14.0. The maximum absolute atomic E-state index is 5.80. The van der Waals surface area contributed by atoms with Crippen LogP contribution in [0.5, 0.6) is 5.88 Å². The van der Waals surface area contributed by atoms with Crippen LogP contribution in [-0.2, 0) is 6.54 Å². The second kappa shape index (κ2) is 7.24. The second-order valence-corrected chi connectivity index (χ2v) is 5.12. The van der Waals surface area contributed by atoms with E-state index < -0.39 is 0 Å². The van der Waals surface area contributed by atoms with Gasteiger partial charge in [0.15, 0.2) is 0 Å². The Balaban J connectivity index is 1.86. The van der Waals surface area contributed by atoms with Gasteiger partial charge in [-0.3, -0.25) is 4.98 Å². The number of rotatable bonds is 6. The van der Waals surface area contributed by atoms with Crippen LogP contribution in [0.2, 0.25) is 0 Å². The van der Waals surface area contributed by atoms with Crippen molar-refractivity contribution in [1.82, 2.24) is 15.3 Å². The van der Waals surface area contributed by atoms with E-state index in [-0.39, 0.29) is 0 Å². The van der Waals surface area contributed by atoms with E-state index in [4.69, 9.17) is 4.74 Å². The summed E-state index contributed by atoms with van der Waals surface area (Å²) in [7, 11) is 0. The van der Waals surface area contributed by atoms with Crippen LogP contribution in [0.15, 0.2) is 24.5 Å².